The van der Waals surface area contributed by atoms with E-state index in [0.717, 1.165) is 11.8 Å². The summed E-state index contributed by atoms with van der Waals surface area (Å²) in [5, 5.41) is 0. The lowest BCUT2D eigenvalue weighted by Crippen LogP contribution is -2.38. The first-order chi connectivity index (χ1) is 7.10. The predicted molar refractivity (Wildman–Crippen MR) is 61.6 cm³/mol. The highest BCUT2D eigenvalue weighted by Gasteiger charge is 2.73. The van der Waals surface area contributed by atoms with Gasteiger partial charge >= 0.3 is 0 Å². The average Bonchev–Trinajstić information content (AvgIpc) is 2.86. The van der Waals surface area contributed by atoms with Crippen molar-refractivity contribution in [3.8, 4) is 0 Å². The van der Waals surface area contributed by atoms with Crippen LogP contribution in [0.1, 0.15) is 46.5 Å². The van der Waals surface area contributed by atoms with Crippen LogP contribution in [0, 0.1) is 17.3 Å². The summed E-state index contributed by atoms with van der Waals surface area (Å²) in [6.07, 6.45) is 10.5. The Morgan fingerprint density at radius 1 is 1.40 bits per heavy atom. The summed E-state index contributed by atoms with van der Waals surface area (Å²) in [7, 11) is 0. The molecule has 0 unspecified atom stereocenters. The Morgan fingerprint density at radius 2 is 2.20 bits per heavy atom. The molecule has 3 aliphatic rings. The minimum absolute atomic E-state index is 0.151. The summed E-state index contributed by atoms with van der Waals surface area (Å²) >= 11 is 0. The SMILES string of the molecule is CC(C)[C@H]1C[C@@H]2O[C@@]23C=CCCC[C@]13C. The van der Waals surface area contributed by atoms with Crippen molar-refractivity contribution in [3.63, 3.8) is 0 Å². The van der Waals surface area contributed by atoms with Crippen LogP contribution in [0.4, 0.5) is 0 Å². The van der Waals surface area contributed by atoms with Crippen LogP contribution in [0.15, 0.2) is 12.2 Å². The lowest BCUT2D eigenvalue weighted by atomic mass is 9.66. The fraction of sp³-hybridized carbons (Fsp3) is 0.857. The highest BCUT2D eigenvalue weighted by atomic mass is 16.6. The third-order valence-electron chi connectivity index (χ3n) is 5.17. The van der Waals surface area contributed by atoms with Crippen LogP contribution >= 0.6 is 0 Å². The first-order valence-corrected chi connectivity index (χ1v) is 6.46. The molecule has 0 radical (unpaired) electrons. The maximum Gasteiger partial charge on any atom is 0.118 e. The second kappa shape index (κ2) is 2.88. The van der Waals surface area contributed by atoms with Gasteiger partial charge in [-0.25, -0.2) is 0 Å². The van der Waals surface area contributed by atoms with Crippen LogP contribution in [0.3, 0.4) is 0 Å². The monoisotopic (exact) mass is 206 g/mol. The Kier molecular flexibility index (Phi) is 1.90. The van der Waals surface area contributed by atoms with Crippen molar-refractivity contribution < 1.29 is 4.74 Å². The molecule has 1 saturated carbocycles. The molecule has 3 rings (SSSR count). The quantitative estimate of drug-likeness (QED) is 0.472. The maximum atomic E-state index is 6.02. The zero-order valence-corrected chi connectivity index (χ0v) is 10.1. The van der Waals surface area contributed by atoms with Gasteiger partial charge in [0.05, 0.1) is 6.10 Å². The molecule has 15 heavy (non-hydrogen) atoms. The van der Waals surface area contributed by atoms with Crippen LogP contribution < -0.4 is 0 Å². The van der Waals surface area contributed by atoms with Crippen molar-refractivity contribution in [2.75, 3.05) is 0 Å². The molecule has 1 heteroatoms. The molecule has 1 aliphatic heterocycles. The Hall–Kier alpha value is -0.300. The Morgan fingerprint density at radius 3 is 2.93 bits per heavy atom. The Bertz CT molecular complexity index is 306. The highest BCUT2D eigenvalue weighted by Crippen LogP contribution is 2.68. The molecule has 0 aromatic carbocycles. The molecule has 0 bridgehead atoms. The van der Waals surface area contributed by atoms with E-state index in [4.69, 9.17) is 4.74 Å². The largest absolute Gasteiger partial charge is 0.361 e. The highest BCUT2D eigenvalue weighted by molar-refractivity contribution is 5.30. The number of allylic oxidation sites excluding steroid dienone is 1. The summed E-state index contributed by atoms with van der Waals surface area (Å²) < 4.78 is 6.02. The molecule has 0 aromatic rings. The van der Waals surface area contributed by atoms with Gasteiger partial charge < -0.3 is 4.74 Å². The van der Waals surface area contributed by atoms with Gasteiger partial charge in [-0.2, -0.15) is 0 Å². The third-order valence-corrected chi connectivity index (χ3v) is 5.17. The molecule has 0 aromatic heterocycles. The molecule has 1 spiro atoms. The number of hydrogen-bond acceptors (Lipinski definition) is 1. The van der Waals surface area contributed by atoms with Gasteiger partial charge in [0.2, 0.25) is 0 Å². The summed E-state index contributed by atoms with van der Waals surface area (Å²) in [5.41, 5.74) is 0.567. The molecule has 84 valence electrons. The maximum absolute atomic E-state index is 6.02. The molecule has 0 amide bonds. The van der Waals surface area contributed by atoms with Crippen LogP contribution in [0.2, 0.25) is 0 Å². The van der Waals surface area contributed by atoms with Crippen LogP contribution in [-0.4, -0.2) is 11.7 Å². The molecule has 2 fully saturated rings. The van der Waals surface area contributed by atoms with E-state index < -0.39 is 0 Å². The van der Waals surface area contributed by atoms with Crippen molar-refractivity contribution in [2.45, 2.75) is 58.2 Å². The van der Waals surface area contributed by atoms with Gasteiger partial charge in [0.1, 0.15) is 5.60 Å². The summed E-state index contributed by atoms with van der Waals surface area (Å²) in [5.74, 6) is 1.66. The number of rotatable bonds is 1. The standard InChI is InChI=1S/C14H22O/c1-10(2)11-9-12-14(15-12)8-6-4-5-7-13(11,14)3/h6,8,10-12H,4-5,7,9H2,1-3H3/t11-,12+,13-,14+/m1/s1. The number of hydrogen-bond donors (Lipinski definition) is 0. The molecule has 4 atom stereocenters. The minimum atomic E-state index is 0.151. The summed E-state index contributed by atoms with van der Waals surface area (Å²) in [6, 6.07) is 0. The second-order valence-electron chi connectivity index (χ2n) is 6.20. The minimum Gasteiger partial charge on any atom is -0.361 e. The second-order valence-corrected chi connectivity index (χ2v) is 6.20. The van der Waals surface area contributed by atoms with E-state index in [2.05, 4.69) is 32.9 Å². The van der Waals surface area contributed by atoms with E-state index in [0.29, 0.717) is 11.5 Å². The molecular formula is C14H22O. The van der Waals surface area contributed by atoms with Crippen LogP contribution in [0.25, 0.3) is 0 Å². The van der Waals surface area contributed by atoms with Gasteiger partial charge in [-0.3, -0.25) is 0 Å². The van der Waals surface area contributed by atoms with E-state index in [1.165, 1.54) is 25.7 Å². The number of ether oxygens (including phenoxy) is 1. The first kappa shape index (κ1) is 9.89. The van der Waals surface area contributed by atoms with E-state index in [1.54, 1.807) is 0 Å². The van der Waals surface area contributed by atoms with Crippen molar-refractivity contribution in [1.29, 1.82) is 0 Å². The van der Waals surface area contributed by atoms with Gasteiger partial charge in [0.15, 0.2) is 0 Å². The average molecular weight is 206 g/mol. The number of epoxide rings is 1. The fourth-order valence-corrected chi connectivity index (χ4v) is 4.28. The molecule has 1 saturated heterocycles. The molecule has 0 N–H and O–H groups in total. The van der Waals surface area contributed by atoms with E-state index in [9.17, 15) is 0 Å². The Labute approximate surface area is 92.9 Å². The van der Waals surface area contributed by atoms with Crippen LogP contribution in [-0.2, 0) is 4.74 Å². The molecule has 1 nitrogen and oxygen atoms in total. The summed E-state index contributed by atoms with van der Waals surface area (Å²) in [4.78, 5) is 0. The van der Waals surface area contributed by atoms with E-state index >= 15 is 0 Å². The normalized spacial score (nSPS) is 52.5. The lowest BCUT2D eigenvalue weighted by Gasteiger charge is -2.39. The first-order valence-electron chi connectivity index (χ1n) is 6.46. The van der Waals surface area contributed by atoms with Crippen molar-refractivity contribution in [1.82, 2.24) is 0 Å². The van der Waals surface area contributed by atoms with Gasteiger partial charge in [-0.05, 0) is 37.5 Å². The van der Waals surface area contributed by atoms with Crippen LogP contribution in [0.5, 0.6) is 0 Å². The summed E-state index contributed by atoms with van der Waals surface area (Å²) in [6.45, 7) is 7.23. The topological polar surface area (TPSA) is 12.5 Å². The van der Waals surface area contributed by atoms with Gasteiger partial charge in [-0.15, -0.1) is 0 Å². The van der Waals surface area contributed by atoms with Crippen molar-refractivity contribution in [3.05, 3.63) is 12.2 Å². The van der Waals surface area contributed by atoms with Crippen molar-refractivity contribution >= 4 is 0 Å². The molecule has 1 heterocycles. The van der Waals surface area contributed by atoms with E-state index in [-0.39, 0.29) is 5.60 Å². The molecule has 2 aliphatic carbocycles. The van der Waals surface area contributed by atoms with Crippen molar-refractivity contribution in [2.24, 2.45) is 17.3 Å². The molecular weight excluding hydrogens is 184 g/mol. The predicted octanol–water partition coefficient (Wildman–Crippen LogP) is 3.55. The van der Waals surface area contributed by atoms with Gasteiger partial charge in [0, 0.05) is 5.41 Å². The third kappa shape index (κ3) is 1.08. The lowest BCUT2D eigenvalue weighted by molar-refractivity contribution is 0.0388. The smallest absolute Gasteiger partial charge is 0.118 e. The zero-order chi connectivity index (χ0) is 10.7. The zero-order valence-electron chi connectivity index (χ0n) is 10.1. The van der Waals surface area contributed by atoms with Gasteiger partial charge in [-0.1, -0.05) is 32.9 Å². The van der Waals surface area contributed by atoms with E-state index in [1.807, 2.05) is 0 Å². The Balaban J connectivity index is 1.99. The fourth-order valence-electron chi connectivity index (χ4n) is 4.28. The van der Waals surface area contributed by atoms with Gasteiger partial charge in [0.25, 0.3) is 0 Å².